The number of benzene rings is 2. The summed E-state index contributed by atoms with van der Waals surface area (Å²) in [6.45, 7) is 4.00. The van der Waals surface area contributed by atoms with Crippen molar-refractivity contribution in [3.05, 3.63) is 71.7 Å². The molecule has 2 saturated heterocycles. The number of nitrogens with zero attached hydrogens (tertiary/aromatic N) is 3. The van der Waals surface area contributed by atoms with Gasteiger partial charge in [0, 0.05) is 37.6 Å². The normalized spacial score (nSPS) is 24.0. The van der Waals surface area contributed by atoms with Gasteiger partial charge in [-0.1, -0.05) is 30.3 Å². The van der Waals surface area contributed by atoms with Crippen molar-refractivity contribution in [3.63, 3.8) is 0 Å². The highest BCUT2D eigenvalue weighted by Crippen LogP contribution is 2.44. The molecule has 4 nitrogen and oxygen atoms in total. The summed E-state index contributed by atoms with van der Waals surface area (Å²) in [5, 5.41) is 0.855. The van der Waals surface area contributed by atoms with Crippen molar-refractivity contribution in [1.82, 2.24) is 14.8 Å². The Kier molecular flexibility index (Phi) is 5.96. The van der Waals surface area contributed by atoms with Crippen LogP contribution >= 0.6 is 12.4 Å². The van der Waals surface area contributed by atoms with Crippen LogP contribution in [0, 0.1) is 17.7 Å². The lowest BCUT2D eigenvalue weighted by molar-refractivity contribution is 0.223. The predicted octanol–water partition coefficient (Wildman–Crippen LogP) is 4.54. The molecule has 2 fully saturated rings. The maximum absolute atomic E-state index is 14.1. The Balaban J connectivity index is 0.00000218. The number of para-hydroxylation sites is 1. The van der Waals surface area contributed by atoms with E-state index >= 15 is 0 Å². The second-order valence-electron chi connectivity index (χ2n) is 8.39. The quantitative estimate of drug-likeness (QED) is 0.611. The molecule has 2 aliphatic rings. The van der Waals surface area contributed by atoms with Crippen molar-refractivity contribution >= 4 is 23.3 Å². The molecular weight excluding hydrogens is 401 g/mol. The van der Waals surface area contributed by atoms with E-state index in [4.69, 9.17) is 4.74 Å². The molecule has 0 radical (unpaired) electrons. The van der Waals surface area contributed by atoms with Gasteiger partial charge in [-0.2, -0.15) is 0 Å². The van der Waals surface area contributed by atoms with Crippen molar-refractivity contribution in [2.75, 3.05) is 33.8 Å². The number of rotatable bonds is 4. The first-order chi connectivity index (χ1) is 14.1. The van der Waals surface area contributed by atoms with E-state index < -0.39 is 0 Å². The fourth-order valence-electron chi connectivity index (χ4n) is 5.25. The van der Waals surface area contributed by atoms with Gasteiger partial charge in [-0.15, -0.1) is 12.4 Å². The van der Waals surface area contributed by atoms with Crippen LogP contribution in [0.2, 0.25) is 0 Å². The molecule has 0 amide bonds. The minimum Gasteiger partial charge on any atom is -0.497 e. The minimum atomic E-state index is -0.246. The molecule has 2 aliphatic heterocycles. The zero-order valence-corrected chi connectivity index (χ0v) is 18.1. The smallest absolute Gasteiger partial charge is 0.149 e. The van der Waals surface area contributed by atoms with Crippen LogP contribution in [-0.4, -0.2) is 48.6 Å². The first kappa shape index (κ1) is 21.0. The number of aromatic nitrogens is 1. The van der Waals surface area contributed by atoms with E-state index in [2.05, 4.69) is 46.1 Å². The van der Waals surface area contributed by atoms with Crippen LogP contribution in [0.1, 0.15) is 17.3 Å². The van der Waals surface area contributed by atoms with Gasteiger partial charge in [-0.25, -0.2) is 9.37 Å². The number of hydrogen-bond acceptors (Lipinski definition) is 4. The Hall–Kier alpha value is -2.21. The molecule has 0 N–H and O–H groups in total. The van der Waals surface area contributed by atoms with Crippen LogP contribution in [0.5, 0.6) is 5.75 Å². The van der Waals surface area contributed by atoms with Gasteiger partial charge in [0.2, 0.25) is 0 Å². The average Bonchev–Trinajstić information content (AvgIpc) is 3.24. The van der Waals surface area contributed by atoms with Gasteiger partial charge in [0.05, 0.1) is 12.8 Å². The van der Waals surface area contributed by atoms with E-state index in [1.807, 2.05) is 18.2 Å². The van der Waals surface area contributed by atoms with Gasteiger partial charge in [0.15, 0.2) is 0 Å². The van der Waals surface area contributed by atoms with Gasteiger partial charge in [-0.3, -0.25) is 9.80 Å². The van der Waals surface area contributed by atoms with E-state index in [1.165, 1.54) is 11.6 Å². The number of likely N-dealkylation sites (tertiary alicyclic amines) is 2. The summed E-state index contributed by atoms with van der Waals surface area (Å²) in [6.07, 6.45) is 0. The molecule has 3 heterocycles. The highest BCUT2D eigenvalue weighted by Gasteiger charge is 2.45. The molecule has 3 aromatic rings. The van der Waals surface area contributed by atoms with Crippen LogP contribution in [0.4, 0.5) is 4.39 Å². The zero-order chi connectivity index (χ0) is 20.0. The summed E-state index contributed by atoms with van der Waals surface area (Å²) < 4.78 is 19.4. The predicted molar refractivity (Wildman–Crippen MR) is 120 cm³/mol. The summed E-state index contributed by atoms with van der Waals surface area (Å²) in [5.41, 5.74) is 2.77. The highest BCUT2D eigenvalue weighted by atomic mass is 35.5. The molecule has 5 rings (SSSR count). The second-order valence-corrected chi connectivity index (χ2v) is 8.39. The van der Waals surface area contributed by atoms with Crippen LogP contribution in [0.15, 0.2) is 54.6 Å². The molecule has 0 spiro atoms. The number of hydrogen-bond donors (Lipinski definition) is 0. The number of ether oxygens (including phenoxy) is 1. The Labute approximate surface area is 183 Å². The zero-order valence-electron chi connectivity index (χ0n) is 17.3. The Morgan fingerprint density at radius 2 is 1.83 bits per heavy atom. The molecule has 1 aromatic heterocycles. The molecule has 30 heavy (non-hydrogen) atoms. The van der Waals surface area contributed by atoms with E-state index in [9.17, 15) is 4.39 Å². The van der Waals surface area contributed by atoms with Crippen molar-refractivity contribution < 1.29 is 9.13 Å². The van der Waals surface area contributed by atoms with Crippen molar-refractivity contribution in [2.45, 2.75) is 12.6 Å². The fraction of sp³-hybridized carbons (Fsp3) is 0.375. The number of fused-ring (bicyclic) bond motifs is 2. The van der Waals surface area contributed by atoms with Gasteiger partial charge in [-0.05, 0) is 48.7 Å². The third-order valence-corrected chi connectivity index (χ3v) is 6.54. The van der Waals surface area contributed by atoms with Gasteiger partial charge in [0.25, 0.3) is 0 Å². The molecule has 0 bridgehead atoms. The molecule has 0 unspecified atom stereocenters. The first-order valence-corrected chi connectivity index (χ1v) is 10.2. The number of pyridine rings is 1. The lowest BCUT2D eigenvalue weighted by Gasteiger charge is -2.27. The van der Waals surface area contributed by atoms with E-state index in [1.54, 1.807) is 13.2 Å². The molecular formula is C24H27ClFN3O. The first-order valence-electron chi connectivity index (χ1n) is 10.2. The summed E-state index contributed by atoms with van der Waals surface area (Å²) in [7, 11) is 3.93. The molecule has 158 valence electrons. The second kappa shape index (κ2) is 8.50. The van der Waals surface area contributed by atoms with E-state index in [0.717, 1.165) is 43.0 Å². The Bertz CT molecular complexity index is 1030. The molecule has 0 aliphatic carbocycles. The summed E-state index contributed by atoms with van der Waals surface area (Å²) in [6, 6.07) is 18.0. The van der Waals surface area contributed by atoms with Crippen molar-refractivity contribution in [2.24, 2.45) is 11.8 Å². The van der Waals surface area contributed by atoms with Gasteiger partial charge < -0.3 is 4.74 Å². The average molecular weight is 428 g/mol. The lowest BCUT2D eigenvalue weighted by atomic mass is 9.89. The van der Waals surface area contributed by atoms with Crippen molar-refractivity contribution in [3.8, 4) is 5.75 Å². The van der Waals surface area contributed by atoms with Crippen molar-refractivity contribution in [1.29, 1.82) is 0 Å². The SMILES string of the molecule is COc1ccc([C@@H]2[C@@H]3CN(Cc4ccc5cccc(F)c5n4)C[C@@H]3CN2C)cc1.Cl. The maximum Gasteiger partial charge on any atom is 0.149 e. The maximum atomic E-state index is 14.1. The molecule has 2 aromatic carbocycles. The fourth-order valence-corrected chi connectivity index (χ4v) is 5.25. The summed E-state index contributed by atoms with van der Waals surface area (Å²) in [5.74, 6) is 1.91. The molecule has 0 saturated carbocycles. The van der Waals surface area contributed by atoms with E-state index in [0.29, 0.717) is 23.4 Å². The van der Waals surface area contributed by atoms with Crippen LogP contribution in [-0.2, 0) is 6.54 Å². The van der Waals surface area contributed by atoms with Crippen LogP contribution in [0.3, 0.4) is 0 Å². The molecule has 6 heteroatoms. The summed E-state index contributed by atoms with van der Waals surface area (Å²) in [4.78, 5) is 9.57. The molecule has 3 atom stereocenters. The van der Waals surface area contributed by atoms with Crippen LogP contribution in [0.25, 0.3) is 10.9 Å². The topological polar surface area (TPSA) is 28.6 Å². The summed E-state index contributed by atoms with van der Waals surface area (Å²) >= 11 is 0. The monoisotopic (exact) mass is 427 g/mol. The van der Waals surface area contributed by atoms with Gasteiger partial charge >= 0.3 is 0 Å². The number of halogens is 2. The van der Waals surface area contributed by atoms with Gasteiger partial charge in [0.1, 0.15) is 17.1 Å². The third-order valence-electron chi connectivity index (χ3n) is 6.54. The minimum absolute atomic E-state index is 0. The standard InChI is InChI=1S/C24H26FN3O.ClH/c1-27-12-18-13-28(14-19-9-6-16-4-3-5-22(25)23(16)26-19)15-21(18)24(27)17-7-10-20(29-2)11-8-17;/h3-11,18,21,24H,12-15H2,1-2H3;1H/t18-,21+,24+;/m0./s1. The lowest BCUT2D eigenvalue weighted by Crippen LogP contribution is -2.29. The highest BCUT2D eigenvalue weighted by molar-refractivity contribution is 5.85. The Morgan fingerprint density at radius 1 is 1.03 bits per heavy atom. The Morgan fingerprint density at radius 3 is 2.60 bits per heavy atom. The van der Waals surface area contributed by atoms with E-state index in [-0.39, 0.29) is 18.2 Å². The number of methoxy groups -OCH3 is 1. The largest absolute Gasteiger partial charge is 0.497 e. The third kappa shape index (κ3) is 3.78. The van der Waals surface area contributed by atoms with Crippen LogP contribution < -0.4 is 4.74 Å².